The zero-order chi connectivity index (χ0) is 17.4. The molecular weight excluding hydrogens is 307 g/mol. The Morgan fingerprint density at radius 1 is 1.29 bits per heavy atom. The van der Waals surface area contributed by atoms with Crippen molar-refractivity contribution in [2.45, 2.75) is 57.3 Å². The zero-order valence-corrected chi connectivity index (χ0v) is 14.8. The van der Waals surface area contributed by atoms with Gasteiger partial charge in [0.25, 0.3) is 0 Å². The van der Waals surface area contributed by atoms with Crippen molar-refractivity contribution in [2.75, 3.05) is 19.8 Å². The van der Waals surface area contributed by atoms with Crippen molar-refractivity contribution in [3.63, 3.8) is 0 Å². The lowest BCUT2D eigenvalue weighted by Gasteiger charge is -2.46. The van der Waals surface area contributed by atoms with E-state index in [1.807, 2.05) is 39.0 Å². The fourth-order valence-corrected chi connectivity index (χ4v) is 3.42. The first-order valence-corrected chi connectivity index (χ1v) is 8.68. The van der Waals surface area contributed by atoms with E-state index in [-0.39, 0.29) is 17.7 Å². The van der Waals surface area contributed by atoms with Gasteiger partial charge in [0.1, 0.15) is 12.3 Å². The Labute approximate surface area is 143 Å². The summed E-state index contributed by atoms with van der Waals surface area (Å²) in [6, 6.07) is 9.85. The number of halogens is 1. The number of rotatable bonds is 3. The molecule has 2 fully saturated rings. The fraction of sp³-hybridized carbons (Fsp3) is 0.632. The second kappa shape index (κ2) is 6.36. The quantitative estimate of drug-likeness (QED) is 0.846. The predicted octanol–water partition coefficient (Wildman–Crippen LogP) is 3.61. The normalized spacial score (nSPS) is 23.3. The Morgan fingerprint density at radius 2 is 1.96 bits per heavy atom. The number of benzene rings is 1. The molecule has 24 heavy (non-hydrogen) atoms. The highest BCUT2D eigenvalue weighted by Gasteiger charge is 2.56. The van der Waals surface area contributed by atoms with Gasteiger partial charge in [0, 0.05) is 19.6 Å². The van der Waals surface area contributed by atoms with Gasteiger partial charge in [-0.3, -0.25) is 9.80 Å². The van der Waals surface area contributed by atoms with Gasteiger partial charge < -0.3 is 4.74 Å². The molecule has 1 spiro atoms. The maximum Gasteiger partial charge on any atom is 0.410 e. The minimum atomic E-state index is -0.528. The van der Waals surface area contributed by atoms with Crippen LogP contribution in [-0.2, 0) is 11.3 Å². The highest BCUT2D eigenvalue weighted by molar-refractivity contribution is 5.70. The van der Waals surface area contributed by atoms with E-state index in [2.05, 4.69) is 17.0 Å². The number of alkyl halides is 1. The molecule has 4 nitrogen and oxygen atoms in total. The molecule has 132 valence electrons. The van der Waals surface area contributed by atoms with Crippen molar-refractivity contribution in [3.05, 3.63) is 35.9 Å². The molecule has 1 aromatic carbocycles. The highest BCUT2D eigenvalue weighted by atomic mass is 19.1. The van der Waals surface area contributed by atoms with Crippen LogP contribution in [0.1, 0.15) is 39.2 Å². The number of hydrogen-bond acceptors (Lipinski definition) is 3. The van der Waals surface area contributed by atoms with E-state index in [0.29, 0.717) is 6.54 Å². The molecule has 3 rings (SSSR count). The largest absolute Gasteiger partial charge is 0.444 e. The molecule has 0 N–H and O–H groups in total. The average molecular weight is 334 g/mol. The fourth-order valence-electron chi connectivity index (χ4n) is 3.42. The molecule has 1 amide bonds. The van der Waals surface area contributed by atoms with Gasteiger partial charge in [0.2, 0.25) is 0 Å². The van der Waals surface area contributed by atoms with Gasteiger partial charge >= 0.3 is 6.09 Å². The minimum absolute atomic E-state index is 0.164. The van der Waals surface area contributed by atoms with Crippen LogP contribution in [-0.4, -0.2) is 52.8 Å². The molecule has 5 heteroatoms. The van der Waals surface area contributed by atoms with E-state index in [4.69, 9.17) is 4.74 Å². The van der Waals surface area contributed by atoms with E-state index in [0.717, 1.165) is 25.9 Å². The molecule has 1 aliphatic carbocycles. The third-order valence-electron chi connectivity index (χ3n) is 4.83. The highest BCUT2D eigenvalue weighted by Crippen LogP contribution is 2.46. The van der Waals surface area contributed by atoms with Crippen molar-refractivity contribution in [2.24, 2.45) is 0 Å². The summed E-state index contributed by atoms with van der Waals surface area (Å²) in [4.78, 5) is 16.5. The summed E-state index contributed by atoms with van der Waals surface area (Å²) < 4.78 is 19.2. The second-order valence-corrected chi connectivity index (χ2v) is 8.01. The number of ether oxygens (including phenoxy) is 1. The topological polar surface area (TPSA) is 32.8 Å². The van der Waals surface area contributed by atoms with E-state index in [1.54, 1.807) is 4.90 Å². The Hall–Kier alpha value is -1.62. The van der Waals surface area contributed by atoms with Gasteiger partial charge in [-0.15, -0.1) is 0 Å². The van der Waals surface area contributed by atoms with Crippen molar-refractivity contribution in [3.8, 4) is 0 Å². The third kappa shape index (κ3) is 3.72. The molecule has 1 saturated carbocycles. The first-order chi connectivity index (χ1) is 11.3. The van der Waals surface area contributed by atoms with Crippen LogP contribution in [0.2, 0.25) is 0 Å². The van der Waals surface area contributed by atoms with Crippen LogP contribution in [0, 0.1) is 0 Å². The Morgan fingerprint density at radius 3 is 2.50 bits per heavy atom. The smallest absolute Gasteiger partial charge is 0.410 e. The summed E-state index contributed by atoms with van der Waals surface area (Å²) >= 11 is 0. The predicted molar refractivity (Wildman–Crippen MR) is 91.5 cm³/mol. The number of carbonyl (C=O) groups is 1. The van der Waals surface area contributed by atoms with Crippen LogP contribution in [0.25, 0.3) is 0 Å². The maximum atomic E-state index is 13.7. The van der Waals surface area contributed by atoms with E-state index >= 15 is 0 Å². The Kier molecular flexibility index (Phi) is 4.56. The molecule has 1 heterocycles. The lowest BCUT2D eigenvalue weighted by Crippen LogP contribution is -2.62. The van der Waals surface area contributed by atoms with Gasteiger partial charge in [0.15, 0.2) is 0 Å². The molecule has 1 atom stereocenters. The third-order valence-corrected chi connectivity index (χ3v) is 4.83. The molecular formula is C19H27FN2O2. The maximum absolute atomic E-state index is 13.7. The van der Waals surface area contributed by atoms with Gasteiger partial charge in [0.05, 0.1) is 11.6 Å². The zero-order valence-electron chi connectivity index (χ0n) is 14.8. The molecule has 2 aliphatic rings. The standard InChI is InChI=1S/C19H27FN2O2/c1-18(2,3)24-17(23)22-13-16(11-20)21(14-19(22)9-10-19)12-15-7-5-4-6-8-15/h4-8,16H,9-14H2,1-3H3/t16-/m0/s1. The molecule has 0 aromatic heterocycles. The van der Waals surface area contributed by atoms with Gasteiger partial charge in [-0.05, 0) is 39.2 Å². The summed E-state index contributed by atoms with van der Waals surface area (Å²) in [5.74, 6) is 0. The SMILES string of the molecule is CC(C)(C)OC(=O)N1C[C@H](CF)N(Cc2ccccc2)CC12CC2. The van der Waals surface area contributed by atoms with Gasteiger partial charge in [-0.25, -0.2) is 9.18 Å². The first-order valence-electron chi connectivity index (χ1n) is 8.68. The summed E-state index contributed by atoms with van der Waals surface area (Å²) in [6.45, 7) is 6.98. The van der Waals surface area contributed by atoms with E-state index < -0.39 is 12.3 Å². The van der Waals surface area contributed by atoms with Crippen molar-refractivity contribution >= 4 is 6.09 Å². The van der Waals surface area contributed by atoms with Crippen LogP contribution in [0.15, 0.2) is 30.3 Å². The van der Waals surface area contributed by atoms with Crippen molar-refractivity contribution in [1.29, 1.82) is 0 Å². The monoisotopic (exact) mass is 334 g/mol. The lowest BCUT2D eigenvalue weighted by atomic mass is 10.0. The van der Waals surface area contributed by atoms with Crippen LogP contribution in [0.5, 0.6) is 0 Å². The molecule has 1 aliphatic heterocycles. The van der Waals surface area contributed by atoms with Crippen LogP contribution in [0.4, 0.5) is 9.18 Å². The molecule has 0 bridgehead atoms. The molecule has 0 unspecified atom stereocenters. The van der Waals surface area contributed by atoms with Crippen LogP contribution >= 0.6 is 0 Å². The van der Waals surface area contributed by atoms with Gasteiger partial charge in [-0.2, -0.15) is 0 Å². The van der Waals surface area contributed by atoms with Gasteiger partial charge in [-0.1, -0.05) is 30.3 Å². The summed E-state index contributed by atoms with van der Waals surface area (Å²) in [6.07, 6.45) is 1.63. The number of piperazine rings is 1. The Bertz CT molecular complexity index is 581. The number of nitrogens with zero attached hydrogens (tertiary/aromatic N) is 2. The number of carbonyl (C=O) groups excluding carboxylic acids is 1. The molecule has 1 aromatic rings. The summed E-state index contributed by atoms with van der Waals surface area (Å²) in [5.41, 5.74) is 0.486. The number of amides is 1. The summed E-state index contributed by atoms with van der Waals surface area (Å²) in [7, 11) is 0. The average Bonchev–Trinajstić information content (AvgIpc) is 3.26. The molecule has 1 saturated heterocycles. The minimum Gasteiger partial charge on any atom is -0.444 e. The number of hydrogen-bond donors (Lipinski definition) is 0. The van der Waals surface area contributed by atoms with E-state index in [1.165, 1.54) is 5.56 Å². The molecule has 0 radical (unpaired) electrons. The second-order valence-electron chi connectivity index (χ2n) is 8.01. The van der Waals surface area contributed by atoms with Crippen LogP contribution in [0.3, 0.4) is 0 Å². The first kappa shape index (κ1) is 17.2. The van der Waals surface area contributed by atoms with Crippen molar-refractivity contribution in [1.82, 2.24) is 9.80 Å². The lowest BCUT2D eigenvalue weighted by molar-refractivity contribution is -0.0286. The van der Waals surface area contributed by atoms with Crippen molar-refractivity contribution < 1.29 is 13.9 Å². The van der Waals surface area contributed by atoms with Crippen LogP contribution < -0.4 is 0 Å². The summed E-state index contributed by atoms with van der Waals surface area (Å²) in [5, 5.41) is 0. The Balaban J connectivity index is 1.73. The van der Waals surface area contributed by atoms with E-state index in [9.17, 15) is 9.18 Å².